The van der Waals surface area contributed by atoms with E-state index in [1.807, 2.05) is 0 Å². The first-order valence-electron chi connectivity index (χ1n) is 5.62. The standard InChI is InChI=1S/C12H20O2/c1-4-9-5-6-10(14-9)11-7-12(2,3)8-13-11/h7,9-10H,4-6,8H2,1-3H3/t9-,10+/m0/s1. The second kappa shape index (κ2) is 3.58. The first-order chi connectivity index (χ1) is 6.61. The highest BCUT2D eigenvalue weighted by Crippen LogP contribution is 2.35. The molecule has 0 aromatic heterocycles. The molecule has 0 unspecified atom stereocenters. The molecule has 2 aliphatic rings. The number of hydrogen-bond donors (Lipinski definition) is 0. The molecule has 2 heteroatoms. The Kier molecular flexibility index (Phi) is 2.56. The molecule has 0 aliphatic carbocycles. The Morgan fingerprint density at radius 3 is 2.71 bits per heavy atom. The van der Waals surface area contributed by atoms with Crippen LogP contribution in [0.5, 0.6) is 0 Å². The fraction of sp³-hybridized carbons (Fsp3) is 0.833. The van der Waals surface area contributed by atoms with Crippen molar-refractivity contribution < 1.29 is 9.47 Å². The molecule has 0 radical (unpaired) electrons. The molecular formula is C12H20O2. The summed E-state index contributed by atoms with van der Waals surface area (Å²) in [4.78, 5) is 0. The summed E-state index contributed by atoms with van der Waals surface area (Å²) in [6.07, 6.45) is 6.35. The van der Waals surface area contributed by atoms with Crippen LogP contribution in [0.15, 0.2) is 11.8 Å². The summed E-state index contributed by atoms with van der Waals surface area (Å²) in [5.41, 5.74) is 0.197. The summed E-state index contributed by atoms with van der Waals surface area (Å²) < 4.78 is 11.6. The summed E-state index contributed by atoms with van der Waals surface area (Å²) >= 11 is 0. The highest BCUT2D eigenvalue weighted by Gasteiger charge is 2.33. The maximum absolute atomic E-state index is 5.89. The van der Waals surface area contributed by atoms with Crippen molar-refractivity contribution in [2.75, 3.05) is 6.61 Å². The van der Waals surface area contributed by atoms with Gasteiger partial charge in [-0.25, -0.2) is 0 Å². The second-order valence-corrected chi connectivity index (χ2v) is 5.06. The Morgan fingerprint density at radius 1 is 1.43 bits per heavy atom. The average molecular weight is 196 g/mol. The van der Waals surface area contributed by atoms with Gasteiger partial charge >= 0.3 is 0 Å². The lowest BCUT2D eigenvalue weighted by molar-refractivity contribution is 0.0273. The van der Waals surface area contributed by atoms with Crippen LogP contribution in [0.4, 0.5) is 0 Å². The van der Waals surface area contributed by atoms with Crippen LogP contribution < -0.4 is 0 Å². The molecule has 0 amide bonds. The molecule has 0 N–H and O–H groups in total. The quantitative estimate of drug-likeness (QED) is 0.676. The molecule has 0 aromatic carbocycles. The Morgan fingerprint density at radius 2 is 2.21 bits per heavy atom. The van der Waals surface area contributed by atoms with Crippen molar-refractivity contribution in [1.82, 2.24) is 0 Å². The molecule has 1 saturated heterocycles. The zero-order chi connectivity index (χ0) is 10.2. The normalized spacial score (nSPS) is 35.5. The minimum atomic E-state index is 0.197. The second-order valence-electron chi connectivity index (χ2n) is 5.06. The lowest BCUT2D eigenvalue weighted by Gasteiger charge is -2.13. The van der Waals surface area contributed by atoms with Crippen molar-refractivity contribution in [2.24, 2.45) is 5.41 Å². The molecule has 2 aliphatic heterocycles. The van der Waals surface area contributed by atoms with E-state index in [0.29, 0.717) is 6.10 Å². The zero-order valence-corrected chi connectivity index (χ0v) is 9.38. The maximum atomic E-state index is 5.89. The molecule has 80 valence electrons. The third-order valence-electron chi connectivity index (χ3n) is 3.02. The van der Waals surface area contributed by atoms with Crippen LogP contribution in [-0.2, 0) is 9.47 Å². The van der Waals surface area contributed by atoms with E-state index in [1.165, 1.54) is 6.42 Å². The van der Waals surface area contributed by atoms with Crippen LogP contribution in [0.3, 0.4) is 0 Å². The van der Waals surface area contributed by atoms with E-state index in [-0.39, 0.29) is 11.5 Å². The third kappa shape index (κ3) is 1.95. The number of hydrogen-bond acceptors (Lipinski definition) is 2. The monoisotopic (exact) mass is 196 g/mol. The molecule has 2 atom stereocenters. The lowest BCUT2D eigenvalue weighted by Crippen LogP contribution is -2.12. The highest BCUT2D eigenvalue weighted by molar-refractivity contribution is 5.13. The van der Waals surface area contributed by atoms with Crippen molar-refractivity contribution >= 4 is 0 Å². The van der Waals surface area contributed by atoms with Gasteiger partial charge in [-0.3, -0.25) is 0 Å². The Labute approximate surface area is 86.3 Å². The van der Waals surface area contributed by atoms with Crippen molar-refractivity contribution in [3.05, 3.63) is 11.8 Å². The van der Waals surface area contributed by atoms with Crippen molar-refractivity contribution in [2.45, 2.75) is 52.2 Å². The van der Waals surface area contributed by atoms with Gasteiger partial charge in [0.1, 0.15) is 11.9 Å². The summed E-state index contributed by atoms with van der Waals surface area (Å²) in [5.74, 6) is 1.07. The smallest absolute Gasteiger partial charge is 0.121 e. The van der Waals surface area contributed by atoms with E-state index in [1.54, 1.807) is 0 Å². The van der Waals surface area contributed by atoms with Gasteiger partial charge in [-0.05, 0) is 25.3 Å². The lowest BCUT2D eigenvalue weighted by atomic mass is 9.95. The van der Waals surface area contributed by atoms with Gasteiger partial charge in [-0.1, -0.05) is 20.8 Å². The van der Waals surface area contributed by atoms with Crippen LogP contribution in [-0.4, -0.2) is 18.8 Å². The third-order valence-corrected chi connectivity index (χ3v) is 3.02. The number of ether oxygens (including phenoxy) is 2. The average Bonchev–Trinajstić information content (AvgIpc) is 2.70. The minimum absolute atomic E-state index is 0.197. The fourth-order valence-corrected chi connectivity index (χ4v) is 2.14. The summed E-state index contributed by atoms with van der Waals surface area (Å²) in [6.45, 7) is 7.39. The Balaban J connectivity index is 1.98. The summed E-state index contributed by atoms with van der Waals surface area (Å²) in [7, 11) is 0. The van der Waals surface area contributed by atoms with E-state index in [9.17, 15) is 0 Å². The van der Waals surface area contributed by atoms with Gasteiger partial charge in [0, 0.05) is 5.41 Å². The van der Waals surface area contributed by atoms with E-state index in [0.717, 1.165) is 25.2 Å². The van der Waals surface area contributed by atoms with Crippen molar-refractivity contribution in [3.8, 4) is 0 Å². The molecule has 2 heterocycles. The molecule has 1 fully saturated rings. The predicted molar refractivity (Wildman–Crippen MR) is 56.0 cm³/mol. The molecular weight excluding hydrogens is 176 g/mol. The Bertz CT molecular complexity index is 243. The molecule has 0 saturated carbocycles. The van der Waals surface area contributed by atoms with Gasteiger partial charge in [0.2, 0.25) is 0 Å². The molecule has 2 nitrogen and oxygen atoms in total. The van der Waals surface area contributed by atoms with Crippen molar-refractivity contribution in [1.29, 1.82) is 0 Å². The van der Waals surface area contributed by atoms with Gasteiger partial charge in [-0.15, -0.1) is 0 Å². The highest BCUT2D eigenvalue weighted by atomic mass is 16.5. The van der Waals surface area contributed by atoms with Crippen LogP contribution in [0, 0.1) is 5.41 Å². The molecule has 14 heavy (non-hydrogen) atoms. The molecule has 0 aromatic rings. The van der Waals surface area contributed by atoms with Crippen LogP contribution in [0.25, 0.3) is 0 Å². The molecule has 2 rings (SSSR count). The first-order valence-corrected chi connectivity index (χ1v) is 5.62. The summed E-state index contributed by atoms with van der Waals surface area (Å²) in [5, 5.41) is 0. The largest absolute Gasteiger partial charge is 0.495 e. The fourth-order valence-electron chi connectivity index (χ4n) is 2.14. The minimum Gasteiger partial charge on any atom is -0.495 e. The predicted octanol–water partition coefficient (Wildman–Crippen LogP) is 2.88. The van der Waals surface area contributed by atoms with E-state index in [4.69, 9.17) is 9.47 Å². The summed E-state index contributed by atoms with van der Waals surface area (Å²) in [6, 6.07) is 0. The molecule has 0 bridgehead atoms. The Hall–Kier alpha value is -0.500. The van der Waals surface area contributed by atoms with Gasteiger partial charge in [0.15, 0.2) is 0 Å². The van der Waals surface area contributed by atoms with E-state index >= 15 is 0 Å². The first kappa shape index (κ1) is 10.0. The topological polar surface area (TPSA) is 18.5 Å². The SMILES string of the molecule is CC[C@H]1CC[C@H](C2=CC(C)(C)CO2)O1. The maximum Gasteiger partial charge on any atom is 0.121 e. The van der Waals surface area contributed by atoms with Crippen LogP contribution >= 0.6 is 0 Å². The van der Waals surface area contributed by atoms with Gasteiger partial charge in [0.25, 0.3) is 0 Å². The molecule has 0 spiro atoms. The number of rotatable bonds is 2. The van der Waals surface area contributed by atoms with Gasteiger partial charge in [0.05, 0.1) is 12.7 Å². The van der Waals surface area contributed by atoms with Gasteiger partial charge in [-0.2, -0.15) is 0 Å². The van der Waals surface area contributed by atoms with Crippen LogP contribution in [0.1, 0.15) is 40.0 Å². The van der Waals surface area contributed by atoms with Crippen LogP contribution in [0.2, 0.25) is 0 Å². The van der Waals surface area contributed by atoms with E-state index in [2.05, 4.69) is 26.8 Å². The van der Waals surface area contributed by atoms with Crippen molar-refractivity contribution in [3.63, 3.8) is 0 Å². The van der Waals surface area contributed by atoms with E-state index < -0.39 is 0 Å². The van der Waals surface area contributed by atoms with Gasteiger partial charge < -0.3 is 9.47 Å². The zero-order valence-electron chi connectivity index (χ0n) is 9.38.